The Hall–Kier alpha value is -3.10. The molecule has 8 heteroatoms. The zero-order chi connectivity index (χ0) is 28.1. The fourth-order valence-electron chi connectivity index (χ4n) is 5.53. The van der Waals surface area contributed by atoms with Gasteiger partial charge in [-0.05, 0) is 96.0 Å². The fourth-order valence-corrected chi connectivity index (χ4v) is 5.53. The van der Waals surface area contributed by atoms with Crippen LogP contribution in [0, 0.1) is 11.7 Å². The predicted molar refractivity (Wildman–Crippen MR) is 153 cm³/mol. The van der Waals surface area contributed by atoms with Crippen molar-refractivity contribution >= 4 is 28.3 Å². The number of nitrogens with two attached hydrogens (primary N) is 1. The van der Waals surface area contributed by atoms with Gasteiger partial charge in [0.25, 0.3) is 5.91 Å². The van der Waals surface area contributed by atoms with Crippen LogP contribution in [0.4, 0.5) is 10.1 Å². The summed E-state index contributed by atoms with van der Waals surface area (Å²) in [7, 11) is 0. The van der Waals surface area contributed by atoms with Crippen LogP contribution in [0.2, 0.25) is 0 Å². The highest BCUT2D eigenvalue weighted by atomic mass is 19.1. The number of amides is 1. The topological polar surface area (TPSA) is 96.7 Å². The first-order valence-electron chi connectivity index (χ1n) is 14.1. The maximum absolute atomic E-state index is 15.3. The summed E-state index contributed by atoms with van der Waals surface area (Å²) >= 11 is 0. The van der Waals surface area contributed by atoms with Crippen molar-refractivity contribution in [3.63, 3.8) is 0 Å². The smallest absolute Gasteiger partial charge is 0.254 e. The molecule has 3 N–H and O–H groups in total. The maximum atomic E-state index is 15.3. The van der Waals surface area contributed by atoms with Gasteiger partial charge in [0.05, 0.1) is 22.8 Å². The number of hydrogen-bond acceptors (Lipinski definition) is 5. The van der Waals surface area contributed by atoms with Gasteiger partial charge >= 0.3 is 0 Å². The molecule has 0 bridgehead atoms. The molecule has 0 unspecified atom stereocenters. The normalized spacial score (nSPS) is 20.6. The number of carbonyl (C=O) groups is 1. The number of aliphatic imine (C=N–C) groups is 1. The van der Waals surface area contributed by atoms with E-state index in [1.807, 2.05) is 32.9 Å². The number of hydrogen-bond donors (Lipinski definition) is 2. The molecule has 2 aromatic heterocycles. The van der Waals surface area contributed by atoms with Crippen LogP contribution in [0.3, 0.4) is 0 Å². The number of aliphatic hydroxyl groups is 1. The minimum absolute atomic E-state index is 0.0549. The second kappa shape index (κ2) is 10.5. The summed E-state index contributed by atoms with van der Waals surface area (Å²) in [5.74, 6) is -0.0411. The average molecular weight is 534 g/mol. The van der Waals surface area contributed by atoms with Crippen molar-refractivity contribution in [1.82, 2.24) is 14.5 Å². The first kappa shape index (κ1) is 27.5. The van der Waals surface area contributed by atoms with Crippen molar-refractivity contribution in [2.24, 2.45) is 16.6 Å². The molecule has 1 saturated carbocycles. The second-order valence-electron chi connectivity index (χ2n) is 11.9. The summed E-state index contributed by atoms with van der Waals surface area (Å²) in [6, 6.07) is 8.95. The van der Waals surface area contributed by atoms with E-state index < -0.39 is 11.4 Å². The van der Waals surface area contributed by atoms with Gasteiger partial charge < -0.3 is 20.3 Å². The molecular weight excluding hydrogens is 493 g/mol. The summed E-state index contributed by atoms with van der Waals surface area (Å²) in [5, 5.41) is 11.5. The number of pyridine rings is 1. The van der Waals surface area contributed by atoms with E-state index in [4.69, 9.17) is 15.7 Å². The van der Waals surface area contributed by atoms with Crippen molar-refractivity contribution < 1.29 is 14.3 Å². The van der Waals surface area contributed by atoms with E-state index in [-0.39, 0.29) is 18.0 Å². The summed E-state index contributed by atoms with van der Waals surface area (Å²) in [4.78, 5) is 25.0. The molecular formula is C31H40FN5O2. The Labute approximate surface area is 229 Å². The third-order valence-electron chi connectivity index (χ3n) is 8.12. The lowest BCUT2D eigenvalue weighted by molar-refractivity contribution is 0.0612. The van der Waals surface area contributed by atoms with Crippen LogP contribution in [-0.2, 0) is 18.6 Å². The van der Waals surface area contributed by atoms with Gasteiger partial charge in [-0.1, -0.05) is 6.92 Å². The molecule has 1 amide bonds. The number of fused-ring (bicyclic) bond motifs is 1. The lowest BCUT2D eigenvalue weighted by Crippen LogP contribution is -2.50. The zero-order valence-corrected chi connectivity index (χ0v) is 23.7. The largest absolute Gasteiger partial charge is 0.384 e. The summed E-state index contributed by atoms with van der Waals surface area (Å²) in [5.41, 5.74) is 9.41. The monoisotopic (exact) mass is 533 g/mol. The van der Waals surface area contributed by atoms with Gasteiger partial charge in [0, 0.05) is 41.7 Å². The minimum Gasteiger partial charge on any atom is -0.384 e. The molecule has 1 aliphatic heterocycles. The maximum Gasteiger partial charge on any atom is 0.254 e. The second-order valence-corrected chi connectivity index (χ2v) is 11.9. The number of rotatable bonds is 7. The van der Waals surface area contributed by atoms with E-state index in [1.165, 1.54) is 18.9 Å². The van der Waals surface area contributed by atoms with Crippen LogP contribution in [-0.4, -0.2) is 49.8 Å². The molecule has 1 aromatic carbocycles. The standard InChI is InChI=1S/C31H40FN5O2/c1-6-24-25(32)13-22(30(38)36-17-23(33)11-7-18(36)2)14-26(24)34-19(3)27-15-21-10-12-28(31(4,5)39)35-29(21)37(27)16-20-8-9-20/h10,12-15,18,20,23,39H,6-9,11,16-17,33H2,1-5H3/t18-,23+/m0/s1. The quantitative estimate of drug-likeness (QED) is 0.394. The number of carbonyl (C=O) groups excluding carboxylic acids is 1. The molecule has 1 aliphatic carbocycles. The number of halogens is 1. The van der Waals surface area contributed by atoms with Gasteiger partial charge in [0.2, 0.25) is 0 Å². The van der Waals surface area contributed by atoms with E-state index in [0.717, 1.165) is 41.8 Å². The zero-order valence-electron chi connectivity index (χ0n) is 23.7. The Morgan fingerprint density at radius 3 is 2.62 bits per heavy atom. The fraction of sp³-hybridized carbons (Fsp3) is 0.516. The van der Waals surface area contributed by atoms with Crippen molar-refractivity contribution in [1.29, 1.82) is 0 Å². The van der Waals surface area contributed by atoms with Crippen LogP contribution in [0.5, 0.6) is 0 Å². The van der Waals surface area contributed by atoms with Gasteiger partial charge in [0.1, 0.15) is 17.1 Å². The van der Waals surface area contributed by atoms with Gasteiger partial charge in [-0.2, -0.15) is 0 Å². The molecule has 2 fully saturated rings. The number of aromatic nitrogens is 2. The van der Waals surface area contributed by atoms with Gasteiger partial charge in [-0.3, -0.25) is 9.79 Å². The van der Waals surface area contributed by atoms with Gasteiger partial charge in [-0.25, -0.2) is 9.37 Å². The SMILES string of the molecule is CCc1c(F)cc(C(=O)N2C[C@H](N)CC[C@@H]2C)cc1N=C(C)c1cc2ccc(C(C)(C)O)nc2n1CC1CC1. The Bertz CT molecular complexity index is 1430. The predicted octanol–water partition coefficient (Wildman–Crippen LogP) is 5.47. The molecule has 2 atom stereocenters. The molecule has 7 nitrogen and oxygen atoms in total. The lowest BCUT2D eigenvalue weighted by atomic mass is 9.98. The van der Waals surface area contributed by atoms with Crippen molar-refractivity contribution in [3.8, 4) is 0 Å². The minimum atomic E-state index is -1.05. The van der Waals surface area contributed by atoms with Gasteiger partial charge in [0.15, 0.2) is 0 Å². The third kappa shape index (κ3) is 5.63. The van der Waals surface area contributed by atoms with E-state index in [0.29, 0.717) is 41.4 Å². The molecule has 3 aromatic rings. The van der Waals surface area contributed by atoms with Crippen LogP contribution < -0.4 is 5.73 Å². The summed E-state index contributed by atoms with van der Waals surface area (Å²) in [6.07, 6.45) is 4.52. The van der Waals surface area contributed by atoms with Crippen LogP contribution in [0.25, 0.3) is 11.0 Å². The summed E-state index contributed by atoms with van der Waals surface area (Å²) < 4.78 is 17.5. The average Bonchev–Trinajstić information content (AvgIpc) is 3.63. The van der Waals surface area contributed by atoms with Crippen LogP contribution in [0.15, 0.2) is 35.3 Å². The van der Waals surface area contributed by atoms with E-state index >= 15 is 4.39 Å². The molecule has 39 heavy (non-hydrogen) atoms. The molecule has 1 saturated heterocycles. The first-order chi connectivity index (χ1) is 18.5. The van der Waals surface area contributed by atoms with E-state index in [9.17, 15) is 9.90 Å². The van der Waals surface area contributed by atoms with Crippen molar-refractivity contribution in [2.75, 3.05) is 6.54 Å². The van der Waals surface area contributed by atoms with Crippen LogP contribution >= 0.6 is 0 Å². The highest BCUT2D eigenvalue weighted by molar-refractivity contribution is 6.03. The molecule has 0 radical (unpaired) electrons. The Balaban J connectivity index is 1.57. The van der Waals surface area contributed by atoms with Crippen LogP contribution in [0.1, 0.15) is 87.6 Å². The summed E-state index contributed by atoms with van der Waals surface area (Å²) in [6.45, 7) is 10.6. The highest BCUT2D eigenvalue weighted by Crippen LogP contribution is 2.34. The first-order valence-corrected chi connectivity index (χ1v) is 14.1. The Morgan fingerprint density at radius 1 is 1.21 bits per heavy atom. The number of piperidine rings is 1. The Kier molecular flexibility index (Phi) is 7.37. The molecule has 0 spiro atoms. The highest BCUT2D eigenvalue weighted by Gasteiger charge is 2.29. The van der Waals surface area contributed by atoms with Gasteiger partial charge in [-0.15, -0.1) is 0 Å². The Morgan fingerprint density at radius 2 is 1.95 bits per heavy atom. The van der Waals surface area contributed by atoms with E-state index in [2.05, 4.69) is 10.6 Å². The number of likely N-dealkylation sites (tertiary alicyclic amines) is 1. The molecule has 3 heterocycles. The molecule has 2 aliphatic rings. The van der Waals surface area contributed by atoms with Crippen molar-refractivity contribution in [2.45, 2.75) is 91.0 Å². The van der Waals surface area contributed by atoms with Crippen molar-refractivity contribution in [3.05, 3.63) is 58.7 Å². The lowest BCUT2D eigenvalue weighted by Gasteiger charge is -2.36. The molecule has 5 rings (SSSR count). The van der Waals surface area contributed by atoms with E-state index in [1.54, 1.807) is 24.8 Å². The number of benzene rings is 1. The molecule has 208 valence electrons. The number of nitrogens with zero attached hydrogens (tertiary/aromatic N) is 4. The third-order valence-corrected chi connectivity index (χ3v) is 8.12.